The van der Waals surface area contributed by atoms with Gasteiger partial charge in [0.25, 0.3) is 5.91 Å². The quantitative estimate of drug-likeness (QED) is 0.889. The number of hydrogen-bond donors (Lipinski definition) is 1. The molecule has 0 saturated carbocycles. The lowest BCUT2D eigenvalue weighted by Gasteiger charge is -2.08. The molecule has 0 spiro atoms. The van der Waals surface area contributed by atoms with Crippen molar-refractivity contribution in [1.29, 1.82) is 0 Å². The minimum absolute atomic E-state index is 0.100. The molecule has 3 heteroatoms. The molecule has 0 saturated heterocycles. The molecule has 2 aromatic carbocycles. The van der Waals surface area contributed by atoms with E-state index in [-0.39, 0.29) is 5.91 Å². The van der Waals surface area contributed by atoms with Crippen LogP contribution in [0.4, 0.5) is 5.69 Å². The number of aryl methyl sites for hydroxylation is 1. The van der Waals surface area contributed by atoms with Gasteiger partial charge in [0, 0.05) is 10.0 Å². The summed E-state index contributed by atoms with van der Waals surface area (Å²) in [6, 6.07) is 14.9. The summed E-state index contributed by atoms with van der Waals surface area (Å²) in [5.41, 5.74) is 2.54. The van der Waals surface area contributed by atoms with Crippen molar-refractivity contribution in [2.75, 3.05) is 5.32 Å². The summed E-state index contributed by atoms with van der Waals surface area (Å²) in [5, 5.41) is 2.88. The predicted octanol–water partition coefficient (Wildman–Crippen LogP) is 4.01. The van der Waals surface area contributed by atoms with Gasteiger partial charge in [-0.25, -0.2) is 0 Å². The Morgan fingerprint density at radius 2 is 1.76 bits per heavy atom. The number of rotatable bonds is 2. The number of carbonyl (C=O) groups excluding carboxylic acids is 1. The number of amides is 1. The van der Waals surface area contributed by atoms with Crippen LogP contribution in [0.25, 0.3) is 0 Å². The third-order valence-corrected chi connectivity index (χ3v) is 3.53. The Labute approximate surface area is 109 Å². The molecule has 0 unspecified atom stereocenters. The third-order valence-electron chi connectivity index (χ3n) is 2.48. The average Bonchev–Trinajstić information content (AvgIpc) is 2.36. The van der Waals surface area contributed by atoms with Gasteiger partial charge in [-0.1, -0.05) is 30.3 Å². The molecule has 0 aliphatic carbocycles. The molecule has 0 aliphatic rings. The molecule has 2 rings (SSSR count). The standard InChI is InChI=1S/C14H12BrNO/c1-10-6-5-9-12(13(10)15)16-14(17)11-7-3-2-4-8-11/h2-9H,1H3,(H,16,17). The fraction of sp³-hybridized carbons (Fsp3) is 0.0714. The van der Waals surface area contributed by atoms with Crippen LogP contribution in [0.2, 0.25) is 0 Å². The van der Waals surface area contributed by atoms with Crippen molar-refractivity contribution in [1.82, 2.24) is 0 Å². The van der Waals surface area contributed by atoms with Crippen LogP contribution in [-0.4, -0.2) is 5.91 Å². The van der Waals surface area contributed by atoms with E-state index in [1.165, 1.54) is 0 Å². The van der Waals surface area contributed by atoms with Crippen molar-refractivity contribution < 1.29 is 4.79 Å². The molecule has 0 atom stereocenters. The van der Waals surface area contributed by atoms with E-state index in [4.69, 9.17) is 0 Å². The van der Waals surface area contributed by atoms with Gasteiger partial charge in [-0.15, -0.1) is 0 Å². The predicted molar refractivity (Wildman–Crippen MR) is 73.3 cm³/mol. The molecule has 2 nitrogen and oxygen atoms in total. The van der Waals surface area contributed by atoms with Gasteiger partial charge in [0.05, 0.1) is 5.69 Å². The summed E-state index contributed by atoms with van der Waals surface area (Å²) in [6.07, 6.45) is 0. The first-order chi connectivity index (χ1) is 8.18. The zero-order valence-electron chi connectivity index (χ0n) is 9.41. The van der Waals surface area contributed by atoms with Crippen LogP contribution in [0.3, 0.4) is 0 Å². The Balaban J connectivity index is 2.22. The van der Waals surface area contributed by atoms with E-state index >= 15 is 0 Å². The van der Waals surface area contributed by atoms with Gasteiger partial charge in [-0.3, -0.25) is 4.79 Å². The second kappa shape index (κ2) is 5.15. The molecule has 0 aliphatic heterocycles. The van der Waals surface area contributed by atoms with E-state index in [0.29, 0.717) is 5.56 Å². The molecular formula is C14H12BrNO. The highest BCUT2D eigenvalue weighted by Gasteiger charge is 2.08. The molecule has 0 fully saturated rings. The molecule has 0 radical (unpaired) electrons. The van der Waals surface area contributed by atoms with Crippen molar-refractivity contribution in [3.63, 3.8) is 0 Å². The maximum absolute atomic E-state index is 11.9. The van der Waals surface area contributed by atoms with Gasteiger partial charge in [0.2, 0.25) is 0 Å². The largest absolute Gasteiger partial charge is 0.321 e. The van der Waals surface area contributed by atoms with Crippen LogP contribution in [0.5, 0.6) is 0 Å². The zero-order chi connectivity index (χ0) is 12.3. The number of carbonyl (C=O) groups is 1. The summed E-state index contributed by atoms with van der Waals surface area (Å²) in [4.78, 5) is 11.9. The first kappa shape index (κ1) is 11.9. The second-order valence-electron chi connectivity index (χ2n) is 3.76. The smallest absolute Gasteiger partial charge is 0.255 e. The SMILES string of the molecule is Cc1cccc(NC(=O)c2ccccc2)c1Br. The number of hydrogen-bond acceptors (Lipinski definition) is 1. The van der Waals surface area contributed by atoms with Crippen molar-refractivity contribution in [3.05, 3.63) is 64.1 Å². The molecule has 17 heavy (non-hydrogen) atoms. The minimum Gasteiger partial charge on any atom is -0.321 e. The van der Waals surface area contributed by atoms with Crippen LogP contribution in [0.15, 0.2) is 53.0 Å². The summed E-state index contributed by atoms with van der Waals surface area (Å²) < 4.78 is 0.921. The van der Waals surface area contributed by atoms with Gasteiger partial charge in [-0.05, 0) is 46.6 Å². The van der Waals surface area contributed by atoms with Crippen LogP contribution >= 0.6 is 15.9 Å². The monoisotopic (exact) mass is 289 g/mol. The normalized spacial score (nSPS) is 10.0. The highest BCUT2D eigenvalue weighted by Crippen LogP contribution is 2.26. The average molecular weight is 290 g/mol. The Morgan fingerprint density at radius 3 is 2.47 bits per heavy atom. The van der Waals surface area contributed by atoms with Gasteiger partial charge < -0.3 is 5.32 Å². The van der Waals surface area contributed by atoms with E-state index in [9.17, 15) is 4.79 Å². The molecule has 0 heterocycles. The minimum atomic E-state index is -0.100. The van der Waals surface area contributed by atoms with Gasteiger partial charge in [0.1, 0.15) is 0 Å². The summed E-state index contributed by atoms with van der Waals surface area (Å²) in [6.45, 7) is 1.99. The van der Waals surface area contributed by atoms with Crippen LogP contribution < -0.4 is 5.32 Å². The number of halogens is 1. The molecule has 1 amide bonds. The lowest BCUT2D eigenvalue weighted by Crippen LogP contribution is -2.12. The van der Waals surface area contributed by atoms with Crippen molar-refractivity contribution >= 4 is 27.5 Å². The van der Waals surface area contributed by atoms with Crippen LogP contribution in [-0.2, 0) is 0 Å². The highest BCUT2D eigenvalue weighted by atomic mass is 79.9. The van der Waals surface area contributed by atoms with Crippen molar-refractivity contribution in [2.24, 2.45) is 0 Å². The molecule has 1 N–H and O–H groups in total. The zero-order valence-corrected chi connectivity index (χ0v) is 11.0. The molecule has 0 bridgehead atoms. The highest BCUT2D eigenvalue weighted by molar-refractivity contribution is 9.10. The Bertz CT molecular complexity index is 537. The van der Waals surface area contributed by atoms with E-state index in [1.54, 1.807) is 12.1 Å². The lowest BCUT2D eigenvalue weighted by atomic mass is 10.2. The number of benzene rings is 2. The Hall–Kier alpha value is -1.61. The lowest BCUT2D eigenvalue weighted by molar-refractivity contribution is 0.102. The molecule has 86 valence electrons. The Morgan fingerprint density at radius 1 is 1.06 bits per heavy atom. The van der Waals surface area contributed by atoms with Crippen LogP contribution in [0, 0.1) is 6.92 Å². The molecule has 0 aromatic heterocycles. The summed E-state index contributed by atoms with van der Waals surface area (Å²) in [5.74, 6) is -0.100. The molecule has 2 aromatic rings. The summed E-state index contributed by atoms with van der Waals surface area (Å²) in [7, 11) is 0. The van der Waals surface area contributed by atoms with E-state index in [1.807, 2.05) is 43.3 Å². The van der Waals surface area contributed by atoms with Crippen molar-refractivity contribution in [3.8, 4) is 0 Å². The van der Waals surface area contributed by atoms with E-state index < -0.39 is 0 Å². The first-order valence-corrected chi connectivity index (χ1v) is 6.09. The number of nitrogens with one attached hydrogen (secondary N) is 1. The summed E-state index contributed by atoms with van der Waals surface area (Å²) >= 11 is 3.47. The van der Waals surface area contributed by atoms with Crippen molar-refractivity contribution in [2.45, 2.75) is 6.92 Å². The van der Waals surface area contributed by atoms with Gasteiger partial charge in [0.15, 0.2) is 0 Å². The number of anilines is 1. The van der Waals surface area contributed by atoms with Gasteiger partial charge >= 0.3 is 0 Å². The third kappa shape index (κ3) is 2.74. The van der Waals surface area contributed by atoms with E-state index in [0.717, 1.165) is 15.7 Å². The van der Waals surface area contributed by atoms with E-state index in [2.05, 4.69) is 21.2 Å². The maximum atomic E-state index is 11.9. The maximum Gasteiger partial charge on any atom is 0.255 e. The Kier molecular flexibility index (Phi) is 3.59. The topological polar surface area (TPSA) is 29.1 Å². The fourth-order valence-electron chi connectivity index (χ4n) is 1.53. The first-order valence-electron chi connectivity index (χ1n) is 5.30. The van der Waals surface area contributed by atoms with Crippen LogP contribution in [0.1, 0.15) is 15.9 Å². The van der Waals surface area contributed by atoms with Gasteiger partial charge in [-0.2, -0.15) is 0 Å². The second-order valence-corrected chi connectivity index (χ2v) is 4.55. The molecular weight excluding hydrogens is 278 g/mol. The fourth-order valence-corrected chi connectivity index (χ4v) is 1.89.